The number of carbonyl (C=O) groups is 2. The van der Waals surface area contributed by atoms with Crippen molar-refractivity contribution in [1.82, 2.24) is 15.2 Å². The predicted octanol–water partition coefficient (Wildman–Crippen LogP) is 2.83. The van der Waals surface area contributed by atoms with Crippen molar-refractivity contribution in [2.75, 3.05) is 48.9 Å². The Morgan fingerprint density at radius 2 is 1.92 bits per heavy atom. The van der Waals surface area contributed by atoms with Gasteiger partial charge in [0.15, 0.2) is 0 Å². The van der Waals surface area contributed by atoms with Crippen LogP contribution in [-0.2, 0) is 14.8 Å². The summed E-state index contributed by atoms with van der Waals surface area (Å²) >= 11 is 1.10. The summed E-state index contributed by atoms with van der Waals surface area (Å²) in [5.74, 6) is -0.567. The summed E-state index contributed by atoms with van der Waals surface area (Å²) in [5.41, 5.74) is 0.769. The van der Waals surface area contributed by atoms with Crippen LogP contribution in [0.2, 0.25) is 0 Å². The molecule has 0 atom stereocenters. The maximum absolute atomic E-state index is 12.6. The first-order valence-corrected chi connectivity index (χ1v) is 14.1. The number of thiophene rings is 1. The number of carbonyl (C=O) groups excluding carboxylic acids is 1. The number of unbranched alkanes of at least 4 members (excludes halogenated alkanes) is 1. The number of hydrogen-bond donors (Lipinski definition) is 3. The Morgan fingerprint density at radius 1 is 1.14 bits per heavy atom. The van der Waals surface area contributed by atoms with Gasteiger partial charge in [-0.25, -0.2) is 18.2 Å². The highest BCUT2D eigenvalue weighted by atomic mass is 32.2. The first kappa shape index (κ1) is 25.9. The lowest BCUT2D eigenvalue weighted by atomic mass is 10.1. The van der Waals surface area contributed by atoms with E-state index in [-0.39, 0.29) is 21.4 Å². The number of carboxylic acids is 1. The summed E-state index contributed by atoms with van der Waals surface area (Å²) in [6, 6.07) is 9.36. The zero-order valence-electron chi connectivity index (χ0n) is 19.9. The molecule has 4 rings (SSSR count). The number of amides is 1. The minimum absolute atomic E-state index is 0.0133. The number of hydrogen-bond acceptors (Lipinski definition) is 8. The molecular formula is C24H29N5O5S2. The molecule has 2 aromatic heterocycles. The zero-order chi connectivity index (χ0) is 25.7. The molecule has 1 amide bonds. The minimum atomic E-state index is -3.76. The van der Waals surface area contributed by atoms with E-state index in [0.29, 0.717) is 56.0 Å². The molecule has 3 N–H and O–H groups in total. The van der Waals surface area contributed by atoms with Gasteiger partial charge < -0.3 is 15.3 Å². The number of aromatic carboxylic acids is 1. The Hall–Kier alpha value is -3.22. The van der Waals surface area contributed by atoms with Crippen LogP contribution < -0.4 is 14.9 Å². The van der Waals surface area contributed by atoms with Crippen molar-refractivity contribution >= 4 is 55.6 Å². The average molecular weight is 532 g/mol. The first-order valence-electron chi connectivity index (χ1n) is 11.8. The molecule has 10 nitrogen and oxygen atoms in total. The van der Waals surface area contributed by atoms with Crippen LogP contribution in [0.4, 0.5) is 11.5 Å². The SMILES string of the molecule is CCCCNC(=O)CN1CCN(c2cc(C(=O)O)c3cc(NS(=O)(=O)c4cccs4)ccc3n2)CC1. The molecule has 1 aromatic carbocycles. The van der Waals surface area contributed by atoms with Crippen molar-refractivity contribution in [2.45, 2.75) is 24.0 Å². The van der Waals surface area contributed by atoms with Gasteiger partial charge in [-0.2, -0.15) is 0 Å². The third kappa shape index (κ3) is 6.12. The number of piperazine rings is 1. The number of fused-ring (bicyclic) bond motifs is 1. The Morgan fingerprint density at radius 3 is 2.58 bits per heavy atom. The molecule has 1 fully saturated rings. The van der Waals surface area contributed by atoms with Gasteiger partial charge in [-0.1, -0.05) is 19.4 Å². The number of aromatic nitrogens is 1. The minimum Gasteiger partial charge on any atom is -0.478 e. The van der Waals surface area contributed by atoms with Gasteiger partial charge in [0.2, 0.25) is 5.91 Å². The molecule has 3 heterocycles. The van der Waals surface area contributed by atoms with Crippen LogP contribution in [0.5, 0.6) is 0 Å². The van der Waals surface area contributed by atoms with E-state index in [0.717, 1.165) is 24.2 Å². The van der Waals surface area contributed by atoms with Crippen LogP contribution in [-0.4, -0.2) is 74.6 Å². The summed E-state index contributed by atoms with van der Waals surface area (Å²) < 4.78 is 27.8. The van der Waals surface area contributed by atoms with Gasteiger partial charge in [-0.3, -0.25) is 14.4 Å². The Balaban J connectivity index is 1.49. The van der Waals surface area contributed by atoms with Crippen molar-refractivity contribution < 1.29 is 23.1 Å². The summed E-state index contributed by atoms with van der Waals surface area (Å²) in [5, 5.41) is 14.8. The predicted molar refractivity (Wildman–Crippen MR) is 140 cm³/mol. The van der Waals surface area contributed by atoms with Gasteiger partial charge in [0.25, 0.3) is 10.0 Å². The third-order valence-corrected chi connectivity index (χ3v) is 8.73. The quantitative estimate of drug-likeness (QED) is 0.340. The van der Waals surface area contributed by atoms with Gasteiger partial charge in [0.05, 0.1) is 17.6 Å². The molecule has 36 heavy (non-hydrogen) atoms. The molecule has 12 heteroatoms. The van der Waals surface area contributed by atoms with Gasteiger partial charge in [0.1, 0.15) is 10.0 Å². The molecular weight excluding hydrogens is 502 g/mol. The number of carboxylic acid groups (broad SMARTS) is 1. The van der Waals surface area contributed by atoms with E-state index in [2.05, 4.69) is 26.8 Å². The summed E-state index contributed by atoms with van der Waals surface area (Å²) in [6.07, 6.45) is 1.99. The Bertz CT molecular complexity index is 1340. The average Bonchev–Trinajstić information content (AvgIpc) is 3.40. The molecule has 0 saturated carbocycles. The van der Waals surface area contributed by atoms with E-state index in [4.69, 9.17) is 0 Å². The fourth-order valence-corrected chi connectivity index (χ4v) is 6.08. The van der Waals surface area contributed by atoms with Crippen LogP contribution >= 0.6 is 11.3 Å². The smallest absolute Gasteiger partial charge is 0.336 e. The second kappa shape index (κ2) is 11.2. The number of rotatable bonds is 10. The molecule has 0 aliphatic carbocycles. The third-order valence-electron chi connectivity index (χ3n) is 5.95. The van der Waals surface area contributed by atoms with Gasteiger partial charge in [-0.05, 0) is 42.1 Å². The molecule has 3 aromatic rings. The normalized spacial score (nSPS) is 14.6. The second-order valence-corrected chi connectivity index (χ2v) is 11.4. The van der Waals surface area contributed by atoms with Crippen molar-refractivity contribution in [3.8, 4) is 0 Å². The van der Waals surface area contributed by atoms with Crippen molar-refractivity contribution in [3.05, 3.63) is 47.3 Å². The largest absolute Gasteiger partial charge is 0.478 e. The van der Waals surface area contributed by atoms with E-state index in [1.54, 1.807) is 23.6 Å². The molecule has 192 valence electrons. The van der Waals surface area contributed by atoms with Crippen LogP contribution in [0, 0.1) is 0 Å². The van der Waals surface area contributed by atoms with Crippen LogP contribution in [0.3, 0.4) is 0 Å². The lowest BCUT2D eigenvalue weighted by Gasteiger charge is -2.35. The van der Waals surface area contributed by atoms with E-state index in [1.165, 1.54) is 18.2 Å². The second-order valence-electron chi connectivity index (χ2n) is 8.57. The Kier molecular flexibility index (Phi) is 8.07. The molecule has 0 unspecified atom stereocenters. The fraction of sp³-hybridized carbons (Fsp3) is 0.375. The van der Waals surface area contributed by atoms with Crippen LogP contribution in [0.15, 0.2) is 46.0 Å². The fourth-order valence-electron chi connectivity index (χ4n) is 4.03. The first-order chi connectivity index (χ1) is 17.3. The number of anilines is 2. The van der Waals surface area contributed by atoms with E-state index in [9.17, 15) is 23.1 Å². The number of nitrogens with zero attached hydrogens (tertiary/aromatic N) is 3. The highest BCUT2D eigenvalue weighted by Gasteiger charge is 2.23. The zero-order valence-corrected chi connectivity index (χ0v) is 21.6. The maximum Gasteiger partial charge on any atom is 0.336 e. The highest BCUT2D eigenvalue weighted by Crippen LogP contribution is 2.28. The molecule has 1 aliphatic heterocycles. The Labute approximate surface area is 214 Å². The summed E-state index contributed by atoms with van der Waals surface area (Å²) in [6.45, 7) is 5.64. The van der Waals surface area contributed by atoms with Gasteiger partial charge >= 0.3 is 5.97 Å². The molecule has 1 saturated heterocycles. The van der Waals surface area contributed by atoms with Crippen molar-refractivity contribution in [2.24, 2.45) is 0 Å². The van der Waals surface area contributed by atoms with Gasteiger partial charge in [-0.15, -0.1) is 11.3 Å². The molecule has 0 spiro atoms. The topological polar surface area (TPSA) is 132 Å². The van der Waals surface area contributed by atoms with Crippen LogP contribution in [0.1, 0.15) is 30.1 Å². The summed E-state index contributed by atoms with van der Waals surface area (Å²) in [7, 11) is -3.76. The lowest BCUT2D eigenvalue weighted by Crippen LogP contribution is -2.49. The van der Waals surface area contributed by atoms with Crippen molar-refractivity contribution in [1.29, 1.82) is 0 Å². The van der Waals surface area contributed by atoms with E-state index < -0.39 is 16.0 Å². The van der Waals surface area contributed by atoms with Crippen molar-refractivity contribution in [3.63, 3.8) is 0 Å². The lowest BCUT2D eigenvalue weighted by molar-refractivity contribution is -0.122. The number of benzene rings is 1. The van der Waals surface area contributed by atoms with E-state index >= 15 is 0 Å². The monoisotopic (exact) mass is 531 g/mol. The molecule has 0 bridgehead atoms. The number of sulfonamides is 1. The molecule has 1 aliphatic rings. The number of pyridine rings is 1. The van der Waals surface area contributed by atoms with Crippen LogP contribution in [0.25, 0.3) is 10.9 Å². The molecule has 0 radical (unpaired) electrons. The summed E-state index contributed by atoms with van der Waals surface area (Å²) in [4.78, 5) is 32.9. The highest BCUT2D eigenvalue weighted by molar-refractivity contribution is 7.94. The maximum atomic E-state index is 12.6. The van der Waals surface area contributed by atoms with E-state index in [1.807, 2.05) is 4.90 Å². The number of nitrogens with one attached hydrogen (secondary N) is 2. The standard InChI is InChI=1S/C24H29N5O5S2/c1-2-3-8-25-22(30)16-28-9-11-29(12-10-28)21-15-19(24(31)32)18-14-17(6-7-20(18)26-21)27-36(33,34)23-5-4-13-35-23/h4-7,13-15,27H,2-3,8-12,16H2,1H3,(H,25,30)(H,31,32). The van der Waals surface area contributed by atoms with Gasteiger partial charge in [0, 0.05) is 43.8 Å².